The third-order valence-corrected chi connectivity index (χ3v) is 5.32. The second-order valence-electron chi connectivity index (χ2n) is 7.44. The number of rotatable bonds is 3. The maximum absolute atomic E-state index is 13.6. The first-order chi connectivity index (χ1) is 14.3. The number of hydrogen-bond acceptors (Lipinski definition) is 4. The van der Waals surface area contributed by atoms with E-state index in [-0.39, 0.29) is 17.5 Å². The maximum Gasteiger partial charge on any atom is 0.433 e. The Bertz CT molecular complexity index is 1080. The molecule has 1 aliphatic rings. The number of hydrogen-bond donors (Lipinski definition) is 0. The summed E-state index contributed by atoms with van der Waals surface area (Å²) in [7, 11) is 1.55. The van der Waals surface area contributed by atoms with Gasteiger partial charge in [0.2, 0.25) is 0 Å². The Labute approximate surface area is 171 Å². The largest absolute Gasteiger partial charge is 0.497 e. The van der Waals surface area contributed by atoms with Crippen LogP contribution in [0.3, 0.4) is 0 Å². The highest BCUT2D eigenvalue weighted by Crippen LogP contribution is 2.34. The van der Waals surface area contributed by atoms with Crippen LogP contribution < -0.4 is 4.74 Å². The van der Waals surface area contributed by atoms with Crippen LogP contribution in [0, 0.1) is 6.92 Å². The van der Waals surface area contributed by atoms with Crippen molar-refractivity contribution >= 4 is 11.6 Å². The third kappa shape index (κ3) is 3.83. The van der Waals surface area contributed by atoms with Crippen LogP contribution in [0.15, 0.2) is 36.4 Å². The molecule has 30 heavy (non-hydrogen) atoms. The molecule has 0 spiro atoms. The van der Waals surface area contributed by atoms with Gasteiger partial charge in [0.15, 0.2) is 5.65 Å². The fraction of sp³-hybridized carbons (Fsp3) is 0.381. The second kappa shape index (κ2) is 7.62. The quantitative estimate of drug-likeness (QED) is 0.643. The van der Waals surface area contributed by atoms with E-state index in [1.165, 1.54) is 6.07 Å². The van der Waals surface area contributed by atoms with Crippen molar-refractivity contribution in [3.05, 3.63) is 59.0 Å². The van der Waals surface area contributed by atoms with Gasteiger partial charge in [0.25, 0.3) is 5.91 Å². The van der Waals surface area contributed by atoms with E-state index in [4.69, 9.17) is 4.74 Å². The molecule has 3 aromatic rings. The van der Waals surface area contributed by atoms with Gasteiger partial charge < -0.3 is 9.64 Å². The molecule has 2 aromatic heterocycles. The number of amides is 1. The minimum atomic E-state index is -4.55. The molecular weight excluding hydrogens is 397 g/mol. The summed E-state index contributed by atoms with van der Waals surface area (Å²) in [6.45, 7) is 2.50. The molecule has 158 valence electrons. The number of fused-ring (bicyclic) bond motifs is 1. The molecule has 0 N–H and O–H groups in total. The monoisotopic (exact) mass is 418 g/mol. The molecule has 1 aromatic carbocycles. The van der Waals surface area contributed by atoms with Gasteiger partial charge in [-0.25, -0.2) is 9.50 Å². The number of aryl methyl sites for hydroxylation is 1. The predicted molar refractivity (Wildman–Crippen MR) is 104 cm³/mol. The van der Waals surface area contributed by atoms with Crippen molar-refractivity contribution < 1.29 is 22.7 Å². The Morgan fingerprint density at radius 3 is 2.60 bits per heavy atom. The van der Waals surface area contributed by atoms with Crippen LogP contribution in [0.4, 0.5) is 13.2 Å². The normalized spacial score (nSPS) is 17.4. The number of piperidine rings is 1. The first kappa shape index (κ1) is 20.2. The standard InChI is InChI=1S/C21H21F3N4O2/c1-13-10-19-25-17(11-18(21(22,23)24)28(19)26-13)15-4-3-9-27(12-15)20(29)14-5-7-16(30-2)8-6-14/h5-8,10-11,15H,3-4,9,12H2,1-2H3. The van der Waals surface area contributed by atoms with E-state index in [2.05, 4.69) is 10.1 Å². The number of ether oxygens (including phenoxy) is 1. The first-order valence-electron chi connectivity index (χ1n) is 9.64. The fourth-order valence-electron chi connectivity index (χ4n) is 3.84. The van der Waals surface area contributed by atoms with Gasteiger partial charge in [0.05, 0.1) is 12.8 Å². The number of halogens is 3. The van der Waals surface area contributed by atoms with Crippen molar-refractivity contribution in [2.75, 3.05) is 20.2 Å². The van der Waals surface area contributed by atoms with E-state index < -0.39 is 11.9 Å². The van der Waals surface area contributed by atoms with Gasteiger partial charge in [-0.15, -0.1) is 0 Å². The average molecular weight is 418 g/mol. The lowest BCUT2D eigenvalue weighted by atomic mass is 9.93. The molecule has 4 rings (SSSR count). The van der Waals surface area contributed by atoms with Crippen molar-refractivity contribution in [3.63, 3.8) is 0 Å². The average Bonchev–Trinajstić information content (AvgIpc) is 3.11. The molecule has 0 bridgehead atoms. The summed E-state index contributed by atoms with van der Waals surface area (Å²) in [5.74, 6) is 0.221. The van der Waals surface area contributed by atoms with Crippen LogP contribution >= 0.6 is 0 Å². The summed E-state index contributed by atoms with van der Waals surface area (Å²) in [6, 6.07) is 9.38. The molecule has 1 amide bonds. The van der Waals surface area contributed by atoms with Gasteiger partial charge >= 0.3 is 6.18 Å². The van der Waals surface area contributed by atoms with Crippen molar-refractivity contribution in [2.45, 2.75) is 31.9 Å². The molecule has 6 nitrogen and oxygen atoms in total. The molecule has 1 fully saturated rings. The van der Waals surface area contributed by atoms with Gasteiger partial charge in [0.1, 0.15) is 11.4 Å². The zero-order valence-electron chi connectivity index (χ0n) is 16.6. The van der Waals surface area contributed by atoms with Crippen LogP contribution in [0.1, 0.15) is 46.2 Å². The smallest absolute Gasteiger partial charge is 0.433 e. The zero-order valence-corrected chi connectivity index (χ0v) is 16.6. The van der Waals surface area contributed by atoms with Crippen LogP contribution in [0.25, 0.3) is 5.65 Å². The summed E-state index contributed by atoms with van der Waals surface area (Å²) in [6.07, 6.45) is -3.19. The van der Waals surface area contributed by atoms with Crippen molar-refractivity contribution in [3.8, 4) is 5.75 Å². The molecule has 0 aliphatic carbocycles. The molecular formula is C21H21F3N4O2. The lowest BCUT2D eigenvalue weighted by Gasteiger charge is -2.33. The van der Waals surface area contributed by atoms with Gasteiger partial charge in [0, 0.05) is 36.3 Å². The minimum Gasteiger partial charge on any atom is -0.497 e. The van der Waals surface area contributed by atoms with Gasteiger partial charge in [-0.05, 0) is 50.1 Å². The zero-order chi connectivity index (χ0) is 21.5. The van der Waals surface area contributed by atoms with Crippen molar-refractivity contribution in [2.24, 2.45) is 0 Å². The maximum atomic E-state index is 13.6. The Kier molecular flexibility index (Phi) is 5.13. The highest BCUT2D eigenvalue weighted by Gasteiger charge is 2.36. The Balaban J connectivity index is 1.62. The summed E-state index contributed by atoms with van der Waals surface area (Å²) in [4.78, 5) is 19.0. The molecule has 0 saturated carbocycles. The second-order valence-corrected chi connectivity index (χ2v) is 7.44. The van der Waals surface area contributed by atoms with Crippen molar-refractivity contribution in [1.82, 2.24) is 19.5 Å². The lowest BCUT2D eigenvalue weighted by Crippen LogP contribution is -2.39. The van der Waals surface area contributed by atoms with Gasteiger partial charge in [-0.2, -0.15) is 18.3 Å². The lowest BCUT2D eigenvalue weighted by molar-refractivity contribution is -0.142. The number of likely N-dealkylation sites (tertiary alicyclic amines) is 1. The number of carbonyl (C=O) groups excluding carboxylic acids is 1. The van der Waals surface area contributed by atoms with Crippen LogP contribution in [-0.4, -0.2) is 45.6 Å². The number of benzene rings is 1. The molecule has 1 aliphatic heterocycles. The van der Waals surface area contributed by atoms with Crippen molar-refractivity contribution in [1.29, 1.82) is 0 Å². The number of methoxy groups -OCH3 is 1. The molecule has 3 heterocycles. The third-order valence-electron chi connectivity index (χ3n) is 5.32. The fourth-order valence-corrected chi connectivity index (χ4v) is 3.84. The van der Waals surface area contributed by atoms with E-state index in [9.17, 15) is 18.0 Å². The summed E-state index contributed by atoms with van der Waals surface area (Å²) in [5.41, 5.74) is 0.624. The summed E-state index contributed by atoms with van der Waals surface area (Å²) < 4.78 is 46.7. The van der Waals surface area contributed by atoms with Crippen LogP contribution in [-0.2, 0) is 6.18 Å². The number of nitrogens with zero attached hydrogens (tertiary/aromatic N) is 4. The van der Waals surface area contributed by atoms with Crippen LogP contribution in [0.5, 0.6) is 5.75 Å². The van der Waals surface area contributed by atoms with E-state index in [0.717, 1.165) is 10.6 Å². The molecule has 1 unspecified atom stereocenters. The van der Waals surface area contributed by atoms with Gasteiger partial charge in [-0.1, -0.05) is 0 Å². The Morgan fingerprint density at radius 2 is 1.93 bits per heavy atom. The summed E-state index contributed by atoms with van der Waals surface area (Å²) >= 11 is 0. The van der Waals surface area contributed by atoms with E-state index in [0.29, 0.717) is 48.6 Å². The molecule has 1 saturated heterocycles. The van der Waals surface area contributed by atoms with Gasteiger partial charge in [-0.3, -0.25) is 4.79 Å². The topological polar surface area (TPSA) is 59.7 Å². The Morgan fingerprint density at radius 1 is 1.20 bits per heavy atom. The number of carbonyl (C=O) groups is 1. The predicted octanol–water partition coefficient (Wildman–Crippen LogP) is 4.08. The summed E-state index contributed by atoms with van der Waals surface area (Å²) in [5, 5.41) is 3.92. The van der Waals surface area contributed by atoms with E-state index >= 15 is 0 Å². The number of alkyl halides is 3. The molecule has 9 heteroatoms. The van der Waals surface area contributed by atoms with Crippen LogP contribution in [0.2, 0.25) is 0 Å². The molecule has 1 atom stereocenters. The van der Waals surface area contributed by atoms with E-state index in [1.807, 2.05) is 0 Å². The van der Waals surface area contributed by atoms with E-state index in [1.54, 1.807) is 43.2 Å². The minimum absolute atomic E-state index is 0.153. The number of aromatic nitrogens is 3. The Hall–Kier alpha value is -3.10. The highest BCUT2D eigenvalue weighted by molar-refractivity contribution is 5.94. The SMILES string of the molecule is COc1ccc(C(=O)N2CCCC(c3cc(C(F)(F)F)n4nc(C)cc4n3)C2)cc1. The molecule has 0 radical (unpaired) electrons. The first-order valence-corrected chi connectivity index (χ1v) is 9.64. The highest BCUT2D eigenvalue weighted by atomic mass is 19.4.